The number of nitrogens with zero attached hydrogens (tertiary/aromatic N) is 1. The third kappa shape index (κ3) is 6.99. The molecule has 0 aliphatic carbocycles. The Labute approximate surface area is 205 Å². The fraction of sp³-hybridized carbons (Fsp3) is 0.0417. The summed E-state index contributed by atoms with van der Waals surface area (Å²) in [5.74, 6) is -0.502. The van der Waals surface area contributed by atoms with Crippen LogP contribution in [0.3, 0.4) is 0 Å². The van der Waals surface area contributed by atoms with Crippen molar-refractivity contribution in [2.45, 2.75) is 0 Å². The summed E-state index contributed by atoms with van der Waals surface area (Å²) in [5.41, 5.74) is 1.38. The molecule has 166 valence electrons. The summed E-state index contributed by atoms with van der Waals surface area (Å²) in [6, 6.07) is 19.9. The fourth-order valence-corrected chi connectivity index (χ4v) is 3.12. The number of hydrogen-bond donors (Lipinski definition) is 2. The molecule has 0 aliphatic heterocycles. The van der Waals surface area contributed by atoms with Crippen molar-refractivity contribution in [3.8, 4) is 11.8 Å². The lowest BCUT2D eigenvalue weighted by molar-refractivity contribution is -0.118. The van der Waals surface area contributed by atoms with Gasteiger partial charge in [0.25, 0.3) is 11.8 Å². The van der Waals surface area contributed by atoms with Gasteiger partial charge < -0.3 is 15.4 Å². The molecule has 2 amide bonds. The molecule has 0 aromatic heterocycles. The molecule has 3 aromatic carbocycles. The predicted molar refractivity (Wildman–Crippen MR) is 131 cm³/mol. The maximum absolute atomic E-state index is 12.4. The average Bonchev–Trinajstić information content (AvgIpc) is 2.81. The van der Waals surface area contributed by atoms with Crippen molar-refractivity contribution in [3.05, 3.63) is 92.9 Å². The minimum Gasteiger partial charge on any atom is -0.484 e. The standard InChI is InChI=1S/C24H16Cl3N3O3/c25-17-6-8-18(9-7-17)29-22(31)14-33-19-10-4-15(5-11-19)12-16(13-28)24(32)30-21-3-1-2-20(26)23(21)27/h1-12H,14H2,(H,29,31)(H,30,32)/b16-12+. The molecule has 2 N–H and O–H groups in total. The molecule has 0 spiro atoms. The molecule has 9 heteroatoms. The maximum Gasteiger partial charge on any atom is 0.266 e. The summed E-state index contributed by atoms with van der Waals surface area (Å²) in [6.45, 7) is -0.190. The van der Waals surface area contributed by atoms with E-state index in [0.717, 1.165) is 0 Å². The molecule has 0 bridgehead atoms. The highest BCUT2D eigenvalue weighted by Crippen LogP contribution is 2.29. The number of halogens is 3. The van der Waals surface area contributed by atoms with E-state index in [1.165, 1.54) is 6.08 Å². The Hall–Kier alpha value is -3.50. The van der Waals surface area contributed by atoms with Crippen LogP contribution in [0.15, 0.2) is 72.3 Å². The topological polar surface area (TPSA) is 91.2 Å². The zero-order valence-corrected chi connectivity index (χ0v) is 19.2. The van der Waals surface area contributed by atoms with Gasteiger partial charge >= 0.3 is 0 Å². The Morgan fingerprint density at radius 2 is 1.64 bits per heavy atom. The second kappa shape index (κ2) is 11.4. The Morgan fingerprint density at radius 1 is 0.939 bits per heavy atom. The van der Waals surface area contributed by atoms with Crippen molar-refractivity contribution in [3.63, 3.8) is 0 Å². The number of nitriles is 1. The lowest BCUT2D eigenvalue weighted by Crippen LogP contribution is -2.20. The van der Waals surface area contributed by atoms with Crippen molar-refractivity contribution < 1.29 is 14.3 Å². The van der Waals surface area contributed by atoms with Crippen LogP contribution >= 0.6 is 34.8 Å². The Morgan fingerprint density at radius 3 is 2.30 bits per heavy atom. The number of carbonyl (C=O) groups is 2. The van der Waals surface area contributed by atoms with Gasteiger partial charge in [0.05, 0.1) is 15.7 Å². The highest BCUT2D eigenvalue weighted by atomic mass is 35.5. The Kier molecular flexibility index (Phi) is 8.34. The first-order valence-corrected chi connectivity index (χ1v) is 10.6. The molecule has 6 nitrogen and oxygen atoms in total. The molecule has 0 radical (unpaired) electrons. The van der Waals surface area contributed by atoms with E-state index in [0.29, 0.717) is 27.7 Å². The lowest BCUT2D eigenvalue weighted by Gasteiger charge is -2.08. The first-order chi connectivity index (χ1) is 15.9. The highest BCUT2D eigenvalue weighted by Gasteiger charge is 2.13. The Bertz CT molecular complexity index is 1230. The van der Waals surface area contributed by atoms with E-state index in [1.807, 2.05) is 6.07 Å². The Balaban J connectivity index is 1.59. The number of amides is 2. The molecule has 0 saturated carbocycles. The van der Waals surface area contributed by atoms with Gasteiger partial charge in [-0.25, -0.2) is 0 Å². The third-order valence-corrected chi connectivity index (χ3v) is 5.32. The highest BCUT2D eigenvalue weighted by molar-refractivity contribution is 6.44. The maximum atomic E-state index is 12.4. The monoisotopic (exact) mass is 499 g/mol. The quantitative estimate of drug-likeness (QED) is 0.298. The zero-order valence-electron chi connectivity index (χ0n) is 16.9. The van der Waals surface area contributed by atoms with Gasteiger partial charge in [-0.05, 0) is 60.2 Å². The molecule has 3 rings (SSSR count). The molecular formula is C24H16Cl3N3O3. The van der Waals surface area contributed by atoms with Crippen LogP contribution in [0.2, 0.25) is 15.1 Å². The zero-order chi connectivity index (χ0) is 23.8. The number of nitrogens with one attached hydrogen (secondary N) is 2. The van der Waals surface area contributed by atoms with E-state index in [4.69, 9.17) is 39.5 Å². The summed E-state index contributed by atoms with van der Waals surface area (Å²) in [6.07, 6.45) is 1.42. The second-order valence-corrected chi connectivity index (χ2v) is 7.86. The van der Waals surface area contributed by atoms with Crippen molar-refractivity contribution in [2.24, 2.45) is 0 Å². The van der Waals surface area contributed by atoms with Crippen LogP contribution in [-0.4, -0.2) is 18.4 Å². The summed E-state index contributed by atoms with van der Waals surface area (Å²) in [5, 5.41) is 15.7. The second-order valence-electron chi connectivity index (χ2n) is 6.64. The molecule has 0 fully saturated rings. The number of rotatable bonds is 7. The van der Waals surface area contributed by atoms with Crippen LogP contribution < -0.4 is 15.4 Å². The van der Waals surface area contributed by atoms with Gasteiger partial charge in [0.15, 0.2) is 6.61 Å². The van der Waals surface area contributed by atoms with Crippen LogP contribution in [0.5, 0.6) is 5.75 Å². The van der Waals surface area contributed by atoms with E-state index in [-0.39, 0.29) is 28.1 Å². The van der Waals surface area contributed by atoms with E-state index < -0.39 is 5.91 Å². The van der Waals surface area contributed by atoms with Crippen molar-refractivity contribution >= 4 is 64.1 Å². The number of hydrogen-bond acceptors (Lipinski definition) is 4. The SMILES string of the molecule is N#C/C(=C\c1ccc(OCC(=O)Nc2ccc(Cl)cc2)cc1)C(=O)Nc1cccc(Cl)c1Cl. The number of carbonyl (C=O) groups excluding carboxylic acids is 2. The normalized spacial score (nSPS) is 10.8. The molecule has 33 heavy (non-hydrogen) atoms. The number of anilines is 2. The third-order valence-electron chi connectivity index (χ3n) is 4.25. The van der Waals surface area contributed by atoms with E-state index in [1.54, 1.807) is 66.7 Å². The van der Waals surface area contributed by atoms with Gasteiger partial charge in [-0.3, -0.25) is 9.59 Å². The van der Waals surface area contributed by atoms with Gasteiger partial charge in [0, 0.05) is 10.7 Å². The predicted octanol–water partition coefficient (Wildman–Crippen LogP) is 6.21. The summed E-state index contributed by atoms with van der Waals surface area (Å²) in [7, 11) is 0. The number of ether oxygens (including phenoxy) is 1. The van der Waals surface area contributed by atoms with Gasteiger partial charge in [-0.2, -0.15) is 5.26 Å². The summed E-state index contributed by atoms with van der Waals surface area (Å²) >= 11 is 17.8. The van der Waals surface area contributed by atoms with Crippen molar-refractivity contribution in [2.75, 3.05) is 17.2 Å². The average molecular weight is 501 g/mol. The summed E-state index contributed by atoms with van der Waals surface area (Å²) < 4.78 is 5.47. The number of benzene rings is 3. The van der Waals surface area contributed by atoms with E-state index >= 15 is 0 Å². The van der Waals surface area contributed by atoms with E-state index in [2.05, 4.69) is 10.6 Å². The minimum atomic E-state index is -0.624. The summed E-state index contributed by atoms with van der Waals surface area (Å²) in [4.78, 5) is 24.5. The fourth-order valence-electron chi connectivity index (χ4n) is 2.64. The van der Waals surface area contributed by atoms with Gasteiger partial charge in [0.1, 0.15) is 17.4 Å². The van der Waals surface area contributed by atoms with Crippen molar-refractivity contribution in [1.82, 2.24) is 0 Å². The first-order valence-electron chi connectivity index (χ1n) is 9.51. The van der Waals surface area contributed by atoms with Crippen LogP contribution in [0.25, 0.3) is 6.08 Å². The van der Waals surface area contributed by atoms with Gasteiger partial charge in [0.2, 0.25) is 0 Å². The lowest BCUT2D eigenvalue weighted by atomic mass is 10.1. The van der Waals surface area contributed by atoms with Crippen LogP contribution in [0, 0.1) is 11.3 Å². The van der Waals surface area contributed by atoms with Crippen LogP contribution in [0.4, 0.5) is 11.4 Å². The smallest absolute Gasteiger partial charge is 0.266 e. The minimum absolute atomic E-state index is 0.123. The molecule has 0 atom stereocenters. The first kappa shape index (κ1) is 24.1. The van der Waals surface area contributed by atoms with Gasteiger partial charge in [-0.15, -0.1) is 0 Å². The molecular weight excluding hydrogens is 485 g/mol. The van der Waals surface area contributed by atoms with E-state index in [9.17, 15) is 14.9 Å². The molecule has 0 aliphatic rings. The molecule has 0 saturated heterocycles. The van der Waals surface area contributed by atoms with Gasteiger partial charge in [-0.1, -0.05) is 53.0 Å². The molecule has 0 heterocycles. The van der Waals surface area contributed by atoms with Crippen molar-refractivity contribution in [1.29, 1.82) is 5.26 Å². The van der Waals surface area contributed by atoms with Crippen LogP contribution in [0.1, 0.15) is 5.56 Å². The molecule has 3 aromatic rings. The molecule has 0 unspecified atom stereocenters. The van der Waals surface area contributed by atoms with Crippen LogP contribution in [-0.2, 0) is 9.59 Å². The largest absolute Gasteiger partial charge is 0.484 e.